The number of benzene rings is 2. The van der Waals surface area contributed by atoms with Crippen molar-refractivity contribution in [2.24, 2.45) is 0 Å². The third-order valence-corrected chi connectivity index (χ3v) is 4.41. The first-order valence-electron chi connectivity index (χ1n) is 8.41. The Morgan fingerprint density at radius 3 is 2.46 bits per heavy atom. The molecule has 0 radical (unpaired) electrons. The van der Waals surface area contributed by atoms with Crippen LogP contribution in [0.15, 0.2) is 42.5 Å². The minimum atomic E-state index is -0.721. The van der Waals surface area contributed by atoms with Gasteiger partial charge in [0.25, 0.3) is 0 Å². The van der Waals surface area contributed by atoms with Gasteiger partial charge in [0.05, 0.1) is 17.1 Å². The summed E-state index contributed by atoms with van der Waals surface area (Å²) in [5.41, 5.74) is 8.10. The van der Waals surface area contributed by atoms with E-state index < -0.39 is 11.8 Å². The van der Waals surface area contributed by atoms with Crippen LogP contribution >= 0.6 is 0 Å². The maximum Gasteiger partial charge on any atom is 0.313 e. The number of nitrogens with zero attached hydrogens (tertiary/aromatic N) is 2. The van der Waals surface area contributed by atoms with Crippen LogP contribution in [0.5, 0.6) is 0 Å². The van der Waals surface area contributed by atoms with Crippen molar-refractivity contribution < 1.29 is 14.0 Å². The zero-order valence-corrected chi connectivity index (χ0v) is 14.5. The van der Waals surface area contributed by atoms with Gasteiger partial charge in [-0.15, -0.1) is 0 Å². The van der Waals surface area contributed by atoms with Gasteiger partial charge in [0, 0.05) is 26.2 Å². The number of nitrogens with one attached hydrogen (secondary N) is 1. The van der Waals surface area contributed by atoms with Gasteiger partial charge in [0.1, 0.15) is 5.82 Å². The highest BCUT2D eigenvalue weighted by molar-refractivity contribution is 6.39. The summed E-state index contributed by atoms with van der Waals surface area (Å²) in [5, 5.41) is 2.57. The smallest absolute Gasteiger partial charge is 0.313 e. The van der Waals surface area contributed by atoms with Gasteiger partial charge in [-0.1, -0.05) is 18.2 Å². The molecule has 0 spiro atoms. The Morgan fingerprint density at radius 1 is 1.08 bits per heavy atom. The molecule has 0 aliphatic carbocycles. The lowest BCUT2D eigenvalue weighted by molar-refractivity contribution is -0.143. The number of rotatable bonds is 2. The second-order valence-corrected chi connectivity index (χ2v) is 6.28. The second kappa shape index (κ2) is 7.43. The van der Waals surface area contributed by atoms with Crippen LogP contribution in [-0.4, -0.2) is 42.9 Å². The van der Waals surface area contributed by atoms with E-state index >= 15 is 0 Å². The molecule has 0 bridgehead atoms. The summed E-state index contributed by atoms with van der Waals surface area (Å²) in [4.78, 5) is 28.0. The SMILES string of the molecule is Cc1ccc(N)c(NC(=O)C(=O)N2CCN(c3ccccc3F)CC2)c1. The van der Waals surface area contributed by atoms with Gasteiger partial charge < -0.3 is 20.9 Å². The molecule has 0 saturated carbocycles. The Balaban J connectivity index is 1.60. The Bertz CT molecular complexity index is 832. The molecule has 1 fully saturated rings. The highest BCUT2D eigenvalue weighted by atomic mass is 19.1. The van der Waals surface area contributed by atoms with Gasteiger partial charge in [-0.3, -0.25) is 9.59 Å². The van der Waals surface area contributed by atoms with Gasteiger partial charge in [0.2, 0.25) is 0 Å². The van der Waals surface area contributed by atoms with Crippen molar-refractivity contribution in [3.63, 3.8) is 0 Å². The lowest BCUT2D eigenvalue weighted by Gasteiger charge is -2.35. The van der Waals surface area contributed by atoms with Crippen molar-refractivity contribution >= 4 is 28.9 Å². The molecule has 2 aromatic rings. The molecule has 2 aromatic carbocycles. The van der Waals surface area contributed by atoms with E-state index in [1.54, 1.807) is 30.3 Å². The number of halogens is 1. The molecule has 1 heterocycles. The monoisotopic (exact) mass is 356 g/mol. The fourth-order valence-electron chi connectivity index (χ4n) is 2.96. The van der Waals surface area contributed by atoms with Crippen LogP contribution in [0.25, 0.3) is 0 Å². The maximum absolute atomic E-state index is 13.9. The van der Waals surface area contributed by atoms with Crippen molar-refractivity contribution in [1.82, 2.24) is 4.90 Å². The van der Waals surface area contributed by atoms with Crippen molar-refractivity contribution in [1.29, 1.82) is 0 Å². The van der Waals surface area contributed by atoms with Crippen LogP contribution in [0.3, 0.4) is 0 Å². The highest BCUT2D eigenvalue weighted by Gasteiger charge is 2.27. The number of para-hydroxylation sites is 1. The predicted molar refractivity (Wildman–Crippen MR) is 99.4 cm³/mol. The fraction of sp³-hybridized carbons (Fsp3) is 0.263. The summed E-state index contributed by atoms with van der Waals surface area (Å²) in [6.45, 7) is 3.51. The average Bonchev–Trinajstić information content (AvgIpc) is 2.64. The normalized spacial score (nSPS) is 14.2. The van der Waals surface area contributed by atoms with Gasteiger partial charge in [-0.25, -0.2) is 4.39 Å². The van der Waals surface area contributed by atoms with Crippen molar-refractivity contribution in [2.45, 2.75) is 6.92 Å². The summed E-state index contributed by atoms with van der Waals surface area (Å²) >= 11 is 0. The van der Waals surface area contributed by atoms with Crippen LogP contribution in [0, 0.1) is 12.7 Å². The zero-order valence-electron chi connectivity index (χ0n) is 14.5. The summed E-state index contributed by atoms with van der Waals surface area (Å²) < 4.78 is 13.9. The topological polar surface area (TPSA) is 78.7 Å². The molecule has 1 aliphatic rings. The van der Waals surface area contributed by atoms with E-state index in [1.807, 2.05) is 17.9 Å². The molecule has 26 heavy (non-hydrogen) atoms. The van der Waals surface area contributed by atoms with Crippen LogP contribution in [-0.2, 0) is 9.59 Å². The van der Waals surface area contributed by atoms with E-state index in [9.17, 15) is 14.0 Å². The van der Waals surface area contributed by atoms with Crippen LogP contribution in [0.1, 0.15) is 5.56 Å². The summed E-state index contributed by atoms with van der Waals surface area (Å²) in [7, 11) is 0. The first-order valence-corrected chi connectivity index (χ1v) is 8.41. The van der Waals surface area contributed by atoms with Gasteiger partial charge in [-0.05, 0) is 36.8 Å². The van der Waals surface area contributed by atoms with Gasteiger partial charge in [-0.2, -0.15) is 0 Å². The van der Waals surface area contributed by atoms with Gasteiger partial charge >= 0.3 is 11.8 Å². The molecule has 3 rings (SSSR count). The second-order valence-electron chi connectivity index (χ2n) is 6.28. The lowest BCUT2D eigenvalue weighted by atomic mass is 10.2. The minimum absolute atomic E-state index is 0.292. The summed E-state index contributed by atoms with van der Waals surface area (Å²) in [6.07, 6.45) is 0. The number of aryl methyl sites for hydroxylation is 1. The molecule has 1 aliphatic heterocycles. The van der Waals surface area contributed by atoms with E-state index in [2.05, 4.69) is 5.32 Å². The van der Waals surface area contributed by atoms with Crippen molar-refractivity contribution in [3.8, 4) is 0 Å². The fourth-order valence-corrected chi connectivity index (χ4v) is 2.96. The number of piperazine rings is 1. The Labute approximate surface area is 151 Å². The van der Waals surface area contributed by atoms with Crippen LogP contribution in [0.4, 0.5) is 21.5 Å². The number of anilines is 3. The van der Waals surface area contributed by atoms with E-state index in [1.165, 1.54) is 11.0 Å². The minimum Gasteiger partial charge on any atom is -0.397 e. The van der Waals surface area contributed by atoms with Crippen molar-refractivity contribution in [2.75, 3.05) is 42.1 Å². The number of amides is 2. The zero-order chi connectivity index (χ0) is 18.7. The predicted octanol–water partition coefficient (Wildman–Crippen LogP) is 2.00. The molecule has 0 aromatic heterocycles. The van der Waals surface area contributed by atoms with Crippen LogP contribution < -0.4 is 16.0 Å². The first kappa shape index (κ1) is 17.7. The van der Waals surface area contributed by atoms with E-state index in [4.69, 9.17) is 5.73 Å². The largest absolute Gasteiger partial charge is 0.397 e. The quantitative estimate of drug-likeness (QED) is 0.637. The lowest BCUT2D eigenvalue weighted by Crippen LogP contribution is -2.51. The Morgan fingerprint density at radius 2 is 1.77 bits per heavy atom. The average molecular weight is 356 g/mol. The van der Waals surface area contributed by atoms with E-state index in [0.717, 1.165) is 5.56 Å². The molecule has 3 N–H and O–H groups in total. The number of nitrogen functional groups attached to an aromatic ring is 1. The molecule has 7 heteroatoms. The van der Waals surface area contributed by atoms with Crippen molar-refractivity contribution in [3.05, 3.63) is 53.8 Å². The molecular weight excluding hydrogens is 335 g/mol. The number of carbonyl (C=O) groups is 2. The third-order valence-electron chi connectivity index (χ3n) is 4.41. The number of hydrogen-bond donors (Lipinski definition) is 2. The molecular formula is C19H21FN4O2. The summed E-state index contributed by atoms with van der Waals surface area (Å²) in [6, 6.07) is 11.8. The molecule has 2 amide bonds. The molecule has 1 saturated heterocycles. The molecule has 6 nitrogen and oxygen atoms in total. The number of carbonyl (C=O) groups excluding carboxylic acids is 2. The van der Waals surface area contributed by atoms with Gasteiger partial charge in [0.15, 0.2) is 0 Å². The van der Waals surface area contributed by atoms with Crippen LogP contribution in [0.2, 0.25) is 0 Å². The van der Waals surface area contributed by atoms with E-state index in [-0.39, 0.29) is 5.82 Å². The Kier molecular flexibility index (Phi) is 5.06. The number of nitrogens with two attached hydrogens (primary N) is 1. The summed E-state index contributed by atoms with van der Waals surface area (Å²) in [5.74, 6) is -1.62. The highest BCUT2D eigenvalue weighted by Crippen LogP contribution is 2.21. The third kappa shape index (κ3) is 3.77. The Hall–Kier alpha value is -3.09. The van der Waals surface area contributed by atoms with E-state index in [0.29, 0.717) is 43.2 Å². The first-order chi connectivity index (χ1) is 12.5. The molecule has 0 unspecified atom stereocenters. The molecule has 0 atom stereocenters. The standard InChI is InChI=1S/C19H21FN4O2/c1-13-6-7-15(21)16(12-13)22-18(25)19(26)24-10-8-23(9-11-24)17-5-3-2-4-14(17)20/h2-7,12H,8-11,21H2,1H3,(H,22,25). The number of hydrogen-bond acceptors (Lipinski definition) is 4. The maximum atomic E-state index is 13.9. The molecule has 136 valence electrons.